The molecule has 7 heteroatoms. The maximum atomic E-state index is 12.7. The van der Waals surface area contributed by atoms with Gasteiger partial charge in [-0.1, -0.05) is 71.8 Å². The van der Waals surface area contributed by atoms with Crippen LogP contribution in [0.5, 0.6) is 0 Å². The number of carboxylic acid groups (broad SMARTS) is 1. The summed E-state index contributed by atoms with van der Waals surface area (Å²) in [5.74, 6) is -0.811. The Balaban J connectivity index is 1.14. The molecule has 1 saturated carbocycles. The van der Waals surface area contributed by atoms with E-state index in [4.69, 9.17) is 4.42 Å². The highest BCUT2D eigenvalue weighted by atomic mass is 16.4. The van der Waals surface area contributed by atoms with E-state index < -0.39 is 5.97 Å². The first-order chi connectivity index (χ1) is 18.0. The molecule has 0 amide bonds. The van der Waals surface area contributed by atoms with Gasteiger partial charge in [0.15, 0.2) is 0 Å². The highest BCUT2D eigenvalue weighted by Crippen LogP contribution is 2.36. The van der Waals surface area contributed by atoms with E-state index in [0.717, 1.165) is 30.5 Å². The van der Waals surface area contributed by atoms with Crippen LogP contribution in [0, 0.1) is 5.92 Å². The van der Waals surface area contributed by atoms with Crippen molar-refractivity contribution in [2.75, 3.05) is 5.32 Å². The molecule has 5 rings (SSSR count). The molecular formula is C30H29N3O4. The zero-order valence-corrected chi connectivity index (χ0v) is 20.5. The van der Waals surface area contributed by atoms with Crippen molar-refractivity contribution in [3.8, 4) is 0 Å². The van der Waals surface area contributed by atoms with Crippen LogP contribution < -0.4 is 5.32 Å². The van der Waals surface area contributed by atoms with Crippen LogP contribution in [0.4, 0.5) is 11.7 Å². The largest absolute Gasteiger partial charge is 0.481 e. The minimum Gasteiger partial charge on any atom is -0.481 e. The maximum Gasteiger partial charge on any atom is 0.320 e. The summed E-state index contributed by atoms with van der Waals surface area (Å²) in [5.41, 5.74) is 5.30. The van der Waals surface area contributed by atoms with Crippen molar-refractivity contribution in [3.05, 3.63) is 107 Å². The molecule has 0 bridgehead atoms. The summed E-state index contributed by atoms with van der Waals surface area (Å²) in [6, 6.07) is 26.4. The van der Waals surface area contributed by atoms with Gasteiger partial charge in [-0.3, -0.25) is 9.59 Å². The third kappa shape index (κ3) is 6.30. The van der Waals surface area contributed by atoms with E-state index in [0.29, 0.717) is 18.8 Å². The molecule has 1 fully saturated rings. The van der Waals surface area contributed by atoms with Crippen LogP contribution in [0.15, 0.2) is 83.3 Å². The second kappa shape index (κ2) is 11.2. The first-order valence-corrected chi connectivity index (χ1v) is 12.6. The average Bonchev–Trinajstić information content (AvgIpc) is 3.40. The fourth-order valence-corrected chi connectivity index (χ4v) is 4.89. The molecule has 2 N–H and O–H groups in total. The molecule has 1 aliphatic rings. The molecule has 1 aromatic heterocycles. The summed E-state index contributed by atoms with van der Waals surface area (Å²) in [6.45, 7) is 0. The van der Waals surface area contributed by atoms with Gasteiger partial charge in [-0.2, -0.15) is 0 Å². The van der Waals surface area contributed by atoms with Crippen LogP contribution in [0.1, 0.15) is 64.5 Å². The fraction of sp³-hybridized carbons (Fsp3) is 0.267. The Labute approximate surface area is 215 Å². The van der Waals surface area contributed by atoms with E-state index in [1.54, 1.807) is 0 Å². The standard InChI is InChI=1S/C30H29N3O4/c34-27(19-22-6-10-23(11-7-22)24-12-14-25(15-13-24)29(35)36)28-32-33-30(37-28)31-26-16-8-21(9-17-26)18-20-4-2-1-3-5-20/h1-11,16-17,24-25H,12-15,18-19H2,(H,31,33)(H,35,36). The number of rotatable bonds is 9. The van der Waals surface area contributed by atoms with Crippen LogP contribution in [0.25, 0.3) is 0 Å². The van der Waals surface area contributed by atoms with Crippen molar-refractivity contribution in [2.24, 2.45) is 5.92 Å². The van der Waals surface area contributed by atoms with Crippen LogP contribution >= 0.6 is 0 Å². The molecule has 0 radical (unpaired) electrons. The lowest BCUT2D eigenvalue weighted by Gasteiger charge is -2.26. The number of hydrogen-bond acceptors (Lipinski definition) is 6. The van der Waals surface area contributed by atoms with Gasteiger partial charge in [-0.25, -0.2) is 0 Å². The Kier molecular flexibility index (Phi) is 7.40. The molecule has 0 aliphatic heterocycles. The van der Waals surface area contributed by atoms with Gasteiger partial charge in [-0.15, -0.1) is 5.10 Å². The van der Waals surface area contributed by atoms with Gasteiger partial charge in [0, 0.05) is 12.1 Å². The van der Waals surface area contributed by atoms with Crippen molar-refractivity contribution in [2.45, 2.75) is 44.4 Å². The Morgan fingerprint density at radius 3 is 2.14 bits per heavy atom. The molecule has 1 heterocycles. The number of aliphatic carboxylic acids is 1. The SMILES string of the molecule is O=C(Cc1ccc(C2CCC(C(=O)O)CC2)cc1)c1nnc(Nc2ccc(Cc3ccccc3)cc2)o1. The van der Waals surface area contributed by atoms with Crippen LogP contribution in [-0.2, 0) is 17.6 Å². The van der Waals surface area contributed by atoms with Gasteiger partial charge < -0.3 is 14.8 Å². The molecular weight excluding hydrogens is 466 g/mol. The van der Waals surface area contributed by atoms with Gasteiger partial charge in [0.2, 0.25) is 5.78 Å². The number of carbonyl (C=O) groups excluding carboxylic acids is 1. The van der Waals surface area contributed by atoms with E-state index in [1.165, 1.54) is 16.7 Å². The Hall–Kier alpha value is -4.26. The van der Waals surface area contributed by atoms with E-state index in [-0.39, 0.29) is 30.0 Å². The van der Waals surface area contributed by atoms with Gasteiger partial charge in [0.1, 0.15) is 0 Å². The summed E-state index contributed by atoms with van der Waals surface area (Å²) in [4.78, 5) is 23.9. The minimum atomic E-state index is -0.691. The van der Waals surface area contributed by atoms with Crippen molar-refractivity contribution in [3.63, 3.8) is 0 Å². The topological polar surface area (TPSA) is 105 Å². The molecule has 0 spiro atoms. The molecule has 0 saturated heterocycles. The van der Waals surface area contributed by atoms with E-state index in [1.807, 2.05) is 66.7 Å². The lowest BCUT2D eigenvalue weighted by atomic mass is 9.78. The minimum absolute atomic E-state index is 0.0285. The highest BCUT2D eigenvalue weighted by Gasteiger charge is 2.26. The summed E-state index contributed by atoms with van der Waals surface area (Å²) in [5, 5.41) is 20.1. The molecule has 37 heavy (non-hydrogen) atoms. The Bertz CT molecular complexity index is 1340. The molecule has 1 aliphatic carbocycles. The number of Topliss-reactive ketones (excluding diaryl/α,β-unsaturated/α-hetero) is 1. The third-order valence-corrected chi connectivity index (χ3v) is 7.01. The number of carboxylic acids is 1. The number of ketones is 1. The number of nitrogens with one attached hydrogen (secondary N) is 1. The monoisotopic (exact) mass is 495 g/mol. The van der Waals surface area contributed by atoms with Gasteiger partial charge >= 0.3 is 12.0 Å². The number of aromatic nitrogens is 2. The fourth-order valence-electron chi connectivity index (χ4n) is 4.89. The van der Waals surface area contributed by atoms with E-state index >= 15 is 0 Å². The normalized spacial score (nSPS) is 17.3. The lowest BCUT2D eigenvalue weighted by molar-refractivity contribution is -0.142. The second-order valence-corrected chi connectivity index (χ2v) is 9.62. The average molecular weight is 496 g/mol. The first kappa shape index (κ1) is 24.4. The Morgan fingerprint density at radius 1 is 0.811 bits per heavy atom. The van der Waals surface area contributed by atoms with Crippen molar-refractivity contribution in [1.29, 1.82) is 0 Å². The predicted octanol–water partition coefficient (Wildman–Crippen LogP) is 6.19. The predicted molar refractivity (Wildman–Crippen MR) is 140 cm³/mol. The van der Waals surface area contributed by atoms with Gasteiger partial charge in [0.05, 0.1) is 5.92 Å². The number of nitrogens with zero attached hydrogens (tertiary/aromatic N) is 2. The zero-order valence-electron chi connectivity index (χ0n) is 20.5. The molecule has 0 atom stereocenters. The van der Waals surface area contributed by atoms with Gasteiger partial charge in [0.25, 0.3) is 5.89 Å². The first-order valence-electron chi connectivity index (χ1n) is 12.6. The highest BCUT2D eigenvalue weighted by molar-refractivity contribution is 5.93. The summed E-state index contributed by atoms with van der Waals surface area (Å²) in [7, 11) is 0. The maximum absolute atomic E-state index is 12.7. The second-order valence-electron chi connectivity index (χ2n) is 9.62. The zero-order chi connectivity index (χ0) is 25.6. The number of benzene rings is 3. The number of carbonyl (C=O) groups is 2. The molecule has 4 aromatic rings. The smallest absolute Gasteiger partial charge is 0.320 e. The third-order valence-electron chi connectivity index (χ3n) is 7.01. The summed E-state index contributed by atoms with van der Waals surface area (Å²) >= 11 is 0. The molecule has 7 nitrogen and oxygen atoms in total. The molecule has 188 valence electrons. The number of anilines is 2. The van der Waals surface area contributed by atoms with Crippen LogP contribution in [0.2, 0.25) is 0 Å². The van der Waals surface area contributed by atoms with Crippen molar-refractivity contribution < 1.29 is 19.1 Å². The summed E-state index contributed by atoms with van der Waals surface area (Å²) in [6.07, 6.45) is 4.21. The molecule has 3 aromatic carbocycles. The van der Waals surface area contributed by atoms with E-state index in [9.17, 15) is 14.7 Å². The van der Waals surface area contributed by atoms with E-state index in [2.05, 4.69) is 27.6 Å². The lowest BCUT2D eigenvalue weighted by Crippen LogP contribution is -2.20. The van der Waals surface area contributed by atoms with Crippen molar-refractivity contribution in [1.82, 2.24) is 10.2 Å². The van der Waals surface area contributed by atoms with Crippen molar-refractivity contribution >= 4 is 23.5 Å². The Morgan fingerprint density at radius 2 is 1.46 bits per heavy atom. The van der Waals surface area contributed by atoms with Crippen LogP contribution in [0.3, 0.4) is 0 Å². The quantitative estimate of drug-likeness (QED) is 0.267. The molecule has 0 unspecified atom stereocenters. The summed E-state index contributed by atoms with van der Waals surface area (Å²) < 4.78 is 5.56. The number of hydrogen-bond donors (Lipinski definition) is 2. The van der Waals surface area contributed by atoms with Gasteiger partial charge in [-0.05, 0) is 72.4 Å². The van der Waals surface area contributed by atoms with Crippen LogP contribution in [-0.4, -0.2) is 27.1 Å².